The standard InChI is InChI=1S/C14H14N2O/c1-4-14(2,3)16-12(15)9-10-7-5-6-8-11(10)13(16)17/h1,5-9H,15H2,2-3H3. The molecule has 2 N–H and O–H groups in total. The summed E-state index contributed by atoms with van der Waals surface area (Å²) in [5, 5.41) is 1.46. The molecule has 0 unspecified atom stereocenters. The predicted octanol–water partition coefficient (Wildman–Crippen LogP) is 1.95. The van der Waals surface area contributed by atoms with Crippen molar-refractivity contribution in [2.75, 3.05) is 5.73 Å². The minimum Gasteiger partial charge on any atom is -0.385 e. The van der Waals surface area contributed by atoms with Crippen LogP contribution in [0.4, 0.5) is 5.82 Å². The lowest BCUT2D eigenvalue weighted by Crippen LogP contribution is -2.36. The zero-order chi connectivity index (χ0) is 12.6. The van der Waals surface area contributed by atoms with Gasteiger partial charge in [0.15, 0.2) is 0 Å². The molecule has 0 atom stereocenters. The first-order valence-electron chi connectivity index (χ1n) is 5.36. The summed E-state index contributed by atoms with van der Waals surface area (Å²) >= 11 is 0. The van der Waals surface area contributed by atoms with Crippen LogP contribution in [0, 0.1) is 12.3 Å². The number of benzene rings is 1. The molecule has 1 aromatic carbocycles. The summed E-state index contributed by atoms with van der Waals surface area (Å²) in [6.07, 6.45) is 5.45. The zero-order valence-corrected chi connectivity index (χ0v) is 9.90. The van der Waals surface area contributed by atoms with Gasteiger partial charge in [0, 0.05) is 5.39 Å². The first-order valence-corrected chi connectivity index (χ1v) is 5.36. The van der Waals surface area contributed by atoms with E-state index in [2.05, 4.69) is 5.92 Å². The predicted molar refractivity (Wildman–Crippen MR) is 70.8 cm³/mol. The Morgan fingerprint density at radius 3 is 2.65 bits per heavy atom. The minimum atomic E-state index is -0.731. The number of nitrogens with two attached hydrogens (primary N) is 1. The SMILES string of the molecule is C#CC(C)(C)n1c(N)cc2ccccc2c1=O. The molecule has 3 nitrogen and oxygen atoms in total. The number of rotatable bonds is 1. The second-order valence-electron chi connectivity index (χ2n) is 4.50. The molecule has 1 aromatic heterocycles. The van der Waals surface area contributed by atoms with Gasteiger partial charge in [-0.05, 0) is 31.4 Å². The Hall–Kier alpha value is -2.21. The van der Waals surface area contributed by atoms with Crippen molar-refractivity contribution in [3.05, 3.63) is 40.7 Å². The molecular formula is C14H14N2O. The number of pyridine rings is 1. The van der Waals surface area contributed by atoms with E-state index in [-0.39, 0.29) is 5.56 Å². The van der Waals surface area contributed by atoms with Crippen LogP contribution in [0.25, 0.3) is 10.8 Å². The summed E-state index contributed by atoms with van der Waals surface area (Å²) < 4.78 is 1.45. The van der Waals surface area contributed by atoms with Crippen LogP contribution in [0.1, 0.15) is 13.8 Å². The fourth-order valence-electron chi connectivity index (χ4n) is 1.92. The van der Waals surface area contributed by atoms with Crippen LogP contribution in [-0.4, -0.2) is 4.57 Å². The molecule has 0 fully saturated rings. The van der Waals surface area contributed by atoms with Gasteiger partial charge in [-0.2, -0.15) is 0 Å². The van der Waals surface area contributed by atoms with Crippen LogP contribution in [0.3, 0.4) is 0 Å². The fraction of sp³-hybridized carbons (Fsp3) is 0.214. The number of anilines is 1. The normalized spacial score (nSPS) is 11.4. The Labute approximate surface area is 99.9 Å². The molecule has 0 aliphatic carbocycles. The largest absolute Gasteiger partial charge is 0.385 e. The van der Waals surface area contributed by atoms with Crippen LogP contribution in [0.5, 0.6) is 0 Å². The van der Waals surface area contributed by atoms with Crippen LogP contribution in [-0.2, 0) is 5.54 Å². The van der Waals surface area contributed by atoms with E-state index in [0.29, 0.717) is 11.2 Å². The summed E-state index contributed by atoms with van der Waals surface area (Å²) in [7, 11) is 0. The number of fused-ring (bicyclic) bond motifs is 1. The van der Waals surface area contributed by atoms with E-state index >= 15 is 0 Å². The van der Waals surface area contributed by atoms with Crippen molar-refractivity contribution in [1.82, 2.24) is 4.57 Å². The molecule has 1 heterocycles. The van der Waals surface area contributed by atoms with Crippen molar-refractivity contribution in [2.24, 2.45) is 0 Å². The molecule has 0 aliphatic heterocycles. The summed E-state index contributed by atoms with van der Waals surface area (Å²) in [6, 6.07) is 9.11. The van der Waals surface area contributed by atoms with Crippen LogP contribution in [0.2, 0.25) is 0 Å². The van der Waals surface area contributed by atoms with Crippen molar-refractivity contribution < 1.29 is 0 Å². The Balaban J connectivity index is 2.93. The first kappa shape index (κ1) is 11.3. The van der Waals surface area contributed by atoms with Crippen molar-refractivity contribution in [3.8, 4) is 12.3 Å². The third-order valence-electron chi connectivity index (χ3n) is 2.87. The van der Waals surface area contributed by atoms with Crippen molar-refractivity contribution >= 4 is 16.6 Å². The van der Waals surface area contributed by atoms with E-state index in [1.54, 1.807) is 26.0 Å². The fourth-order valence-corrected chi connectivity index (χ4v) is 1.92. The van der Waals surface area contributed by atoms with Crippen molar-refractivity contribution in [1.29, 1.82) is 0 Å². The lowest BCUT2D eigenvalue weighted by atomic mass is 10.0. The van der Waals surface area contributed by atoms with Gasteiger partial charge in [0.2, 0.25) is 0 Å². The van der Waals surface area contributed by atoms with Gasteiger partial charge < -0.3 is 5.73 Å². The summed E-state index contributed by atoms with van der Waals surface area (Å²) in [5.74, 6) is 2.97. The van der Waals surface area contributed by atoms with Gasteiger partial charge in [-0.25, -0.2) is 0 Å². The molecule has 0 saturated carbocycles. The Bertz CT molecular complexity index is 675. The molecule has 0 aliphatic rings. The van der Waals surface area contributed by atoms with Gasteiger partial charge in [-0.3, -0.25) is 9.36 Å². The number of nitrogens with zero attached hydrogens (tertiary/aromatic N) is 1. The quantitative estimate of drug-likeness (QED) is 0.755. The van der Waals surface area contributed by atoms with Gasteiger partial charge in [-0.1, -0.05) is 24.1 Å². The molecule has 0 spiro atoms. The lowest BCUT2D eigenvalue weighted by Gasteiger charge is -2.24. The van der Waals surface area contributed by atoms with Gasteiger partial charge in [0.05, 0.1) is 0 Å². The van der Waals surface area contributed by atoms with Crippen LogP contribution in [0.15, 0.2) is 35.1 Å². The van der Waals surface area contributed by atoms with Crippen molar-refractivity contribution in [2.45, 2.75) is 19.4 Å². The second-order valence-corrected chi connectivity index (χ2v) is 4.50. The van der Waals surface area contributed by atoms with Gasteiger partial charge >= 0.3 is 0 Å². The molecule has 0 amide bonds. The van der Waals surface area contributed by atoms with E-state index in [0.717, 1.165) is 5.39 Å². The highest BCUT2D eigenvalue weighted by Gasteiger charge is 2.21. The maximum Gasteiger partial charge on any atom is 0.261 e. The maximum absolute atomic E-state index is 12.3. The second kappa shape index (κ2) is 3.67. The molecular weight excluding hydrogens is 212 g/mol. The van der Waals surface area contributed by atoms with Crippen LogP contribution >= 0.6 is 0 Å². The summed E-state index contributed by atoms with van der Waals surface area (Å²) in [6.45, 7) is 3.58. The third kappa shape index (κ3) is 1.68. The molecule has 17 heavy (non-hydrogen) atoms. The van der Waals surface area contributed by atoms with E-state index in [9.17, 15) is 4.79 Å². The van der Waals surface area contributed by atoms with Crippen LogP contribution < -0.4 is 11.3 Å². The van der Waals surface area contributed by atoms with Crippen molar-refractivity contribution in [3.63, 3.8) is 0 Å². The molecule has 3 heteroatoms. The molecule has 2 aromatic rings. The van der Waals surface area contributed by atoms with Gasteiger partial charge in [0.1, 0.15) is 11.4 Å². The molecule has 2 rings (SSSR count). The average Bonchev–Trinajstić information content (AvgIpc) is 2.28. The summed E-state index contributed by atoms with van der Waals surface area (Å²) in [5.41, 5.74) is 5.04. The number of hydrogen-bond acceptors (Lipinski definition) is 2. The van der Waals surface area contributed by atoms with E-state index < -0.39 is 5.54 Å². The Kier molecular flexibility index (Phi) is 2.44. The average molecular weight is 226 g/mol. The number of nitrogen functional groups attached to an aromatic ring is 1. The summed E-state index contributed by atoms with van der Waals surface area (Å²) in [4.78, 5) is 12.3. The number of terminal acetylenes is 1. The van der Waals surface area contributed by atoms with Gasteiger partial charge in [-0.15, -0.1) is 6.42 Å². The zero-order valence-electron chi connectivity index (χ0n) is 9.90. The number of hydrogen-bond donors (Lipinski definition) is 1. The van der Waals surface area contributed by atoms with E-state index in [1.165, 1.54) is 4.57 Å². The monoisotopic (exact) mass is 226 g/mol. The highest BCUT2D eigenvalue weighted by molar-refractivity contribution is 5.83. The highest BCUT2D eigenvalue weighted by atomic mass is 16.1. The van der Waals surface area contributed by atoms with Gasteiger partial charge in [0.25, 0.3) is 5.56 Å². The van der Waals surface area contributed by atoms with E-state index in [1.807, 2.05) is 18.2 Å². The lowest BCUT2D eigenvalue weighted by molar-refractivity contribution is 0.469. The minimum absolute atomic E-state index is 0.149. The highest BCUT2D eigenvalue weighted by Crippen LogP contribution is 2.20. The molecule has 86 valence electrons. The van der Waals surface area contributed by atoms with E-state index in [4.69, 9.17) is 12.2 Å². The number of aromatic nitrogens is 1. The maximum atomic E-state index is 12.3. The first-order chi connectivity index (χ1) is 7.97. The topological polar surface area (TPSA) is 48.0 Å². The Morgan fingerprint density at radius 2 is 2.00 bits per heavy atom. The smallest absolute Gasteiger partial charge is 0.261 e. The molecule has 0 saturated heterocycles. The molecule has 0 radical (unpaired) electrons. The molecule has 0 bridgehead atoms. The third-order valence-corrected chi connectivity index (χ3v) is 2.87. The Morgan fingerprint density at radius 1 is 1.35 bits per heavy atom.